The normalized spacial score (nSPS) is 21.8. The third-order valence-corrected chi connectivity index (χ3v) is 4.59. The zero-order valence-corrected chi connectivity index (χ0v) is 14.8. The van der Waals surface area contributed by atoms with Crippen LogP contribution in [0.4, 0.5) is 4.39 Å². The monoisotopic (exact) mass is 371 g/mol. The fourth-order valence-electron chi connectivity index (χ4n) is 3.18. The standard InChI is InChI=1S/C17H22FN3O3.ClH/c1-10-5-14-12(7-13(10)18)17(24)21(9-20-14)8-11(22)6-15-16(23)3-2-4-19-15;/h5,7,9,11,15-16,19,22-23H,2-4,6,8H2,1H3;1H/t11-,15+,16-;/m0./s1. The minimum atomic E-state index is -0.803. The third kappa shape index (κ3) is 4.36. The van der Waals surface area contributed by atoms with E-state index in [0.717, 1.165) is 13.0 Å². The second kappa shape index (κ2) is 8.23. The number of hydrogen-bond donors (Lipinski definition) is 3. The summed E-state index contributed by atoms with van der Waals surface area (Å²) in [7, 11) is 0. The van der Waals surface area contributed by atoms with Crippen LogP contribution in [0.25, 0.3) is 10.9 Å². The maximum Gasteiger partial charge on any atom is 0.261 e. The number of nitrogens with zero attached hydrogens (tertiary/aromatic N) is 2. The number of nitrogens with one attached hydrogen (secondary N) is 1. The van der Waals surface area contributed by atoms with E-state index < -0.39 is 18.0 Å². The van der Waals surface area contributed by atoms with Gasteiger partial charge in [0.1, 0.15) is 5.82 Å². The van der Waals surface area contributed by atoms with Crippen LogP contribution in [0.1, 0.15) is 24.8 Å². The highest BCUT2D eigenvalue weighted by atomic mass is 35.5. The van der Waals surface area contributed by atoms with Crippen LogP contribution < -0.4 is 10.9 Å². The van der Waals surface area contributed by atoms with E-state index in [1.54, 1.807) is 6.92 Å². The van der Waals surface area contributed by atoms with E-state index in [1.165, 1.54) is 23.0 Å². The number of aliphatic hydroxyl groups excluding tert-OH is 2. The van der Waals surface area contributed by atoms with E-state index in [1.807, 2.05) is 0 Å². The molecule has 0 aliphatic carbocycles. The minimum absolute atomic E-state index is 0. The van der Waals surface area contributed by atoms with Gasteiger partial charge >= 0.3 is 0 Å². The largest absolute Gasteiger partial charge is 0.392 e. The fraction of sp³-hybridized carbons (Fsp3) is 0.529. The smallest absolute Gasteiger partial charge is 0.261 e. The van der Waals surface area contributed by atoms with Gasteiger partial charge in [0.2, 0.25) is 0 Å². The number of rotatable bonds is 4. The average Bonchev–Trinajstić information content (AvgIpc) is 2.54. The first-order valence-electron chi connectivity index (χ1n) is 8.20. The van der Waals surface area contributed by atoms with E-state index in [-0.39, 0.29) is 35.9 Å². The van der Waals surface area contributed by atoms with Gasteiger partial charge < -0.3 is 15.5 Å². The molecule has 0 saturated carbocycles. The molecule has 1 aliphatic heterocycles. The Labute approximate surface area is 151 Å². The van der Waals surface area contributed by atoms with Crippen molar-refractivity contribution in [3.05, 3.63) is 40.2 Å². The molecule has 6 nitrogen and oxygen atoms in total. The number of benzene rings is 1. The summed E-state index contributed by atoms with van der Waals surface area (Å²) in [5.74, 6) is -0.450. The molecular weight excluding hydrogens is 349 g/mol. The van der Waals surface area contributed by atoms with Crippen LogP contribution in [-0.4, -0.2) is 44.6 Å². The Morgan fingerprint density at radius 2 is 2.24 bits per heavy atom. The van der Waals surface area contributed by atoms with Gasteiger partial charge in [-0.2, -0.15) is 0 Å². The van der Waals surface area contributed by atoms with Gasteiger partial charge in [0.05, 0.1) is 36.0 Å². The minimum Gasteiger partial charge on any atom is -0.392 e. The lowest BCUT2D eigenvalue weighted by Gasteiger charge is -2.30. The first-order valence-corrected chi connectivity index (χ1v) is 8.20. The van der Waals surface area contributed by atoms with Crippen LogP contribution in [0.3, 0.4) is 0 Å². The molecule has 1 aliphatic rings. The second-order valence-corrected chi connectivity index (χ2v) is 6.48. The van der Waals surface area contributed by atoms with Gasteiger partial charge in [-0.1, -0.05) is 0 Å². The van der Waals surface area contributed by atoms with Crippen molar-refractivity contribution in [2.45, 2.75) is 51.0 Å². The van der Waals surface area contributed by atoms with Crippen molar-refractivity contribution in [1.82, 2.24) is 14.9 Å². The van der Waals surface area contributed by atoms with Gasteiger partial charge in [-0.15, -0.1) is 12.4 Å². The summed E-state index contributed by atoms with van der Waals surface area (Å²) in [5.41, 5.74) is 0.494. The van der Waals surface area contributed by atoms with Crippen molar-refractivity contribution in [1.29, 1.82) is 0 Å². The van der Waals surface area contributed by atoms with Crippen LogP contribution in [-0.2, 0) is 6.54 Å². The Hall–Kier alpha value is -1.54. The molecule has 1 saturated heterocycles. The fourth-order valence-corrected chi connectivity index (χ4v) is 3.18. The number of piperidine rings is 1. The average molecular weight is 372 g/mol. The highest BCUT2D eigenvalue weighted by Crippen LogP contribution is 2.15. The molecule has 2 heterocycles. The lowest BCUT2D eigenvalue weighted by molar-refractivity contribution is 0.0539. The number of aliphatic hydroxyl groups is 2. The zero-order valence-electron chi connectivity index (χ0n) is 14.0. The van der Waals surface area contributed by atoms with Gasteiger partial charge in [0, 0.05) is 6.04 Å². The maximum absolute atomic E-state index is 13.7. The molecule has 1 fully saturated rings. The van der Waals surface area contributed by atoms with E-state index in [4.69, 9.17) is 0 Å². The highest BCUT2D eigenvalue weighted by Gasteiger charge is 2.25. The number of aryl methyl sites for hydroxylation is 1. The van der Waals surface area contributed by atoms with E-state index >= 15 is 0 Å². The van der Waals surface area contributed by atoms with Crippen LogP contribution >= 0.6 is 12.4 Å². The molecule has 8 heteroatoms. The Kier molecular flexibility index (Phi) is 6.51. The molecule has 0 radical (unpaired) electrons. The number of hydrogen-bond acceptors (Lipinski definition) is 5. The number of aromatic nitrogens is 2. The van der Waals surface area contributed by atoms with E-state index in [9.17, 15) is 19.4 Å². The number of fused-ring (bicyclic) bond motifs is 1. The molecule has 1 aromatic carbocycles. The summed E-state index contributed by atoms with van der Waals surface area (Å²) < 4.78 is 15.0. The van der Waals surface area contributed by atoms with Gasteiger partial charge in [0.15, 0.2) is 0 Å². The molecule has 0 bridgehead atoms. The summed E-state index contributed by atoms with van der Waals surface area (Å²) in [6, 6.07) is 2.54. The topological polar surface area (TPSA) is 87.4 Å². The Morgan fingerprint density at radius 3 is 2.96 bits per heavy atom. The van der Waals surface area contributed by atoms with E-state index in [0.29, 0.717) is 23.9 Å². The lowest BCUT2D eigenvalue weighted by atomic mass is 9.96. The summed E-state index contributed by atoms with van der Waals surface area (Å²) in [4.78, 5) is 16.6. The molecule has 1 aromatic heterocycles. The Bertz CT molecular complexity index is 799. The number of halogens is 2. The lowest BCUT2D eigenvalue weighted by Crippen LogP contribution is -2.47. The first kappa shape index (κ1) is 19.8. The van der Waals surface area contributed by atoms with Gasteiger partial charge in [-0.3, -0.25) is 9.36 Å². The molecule has 0 amide bonds. The molecule has 3 atom stereocenters. The quantitative estimate of drug-likeness (QED) is 0.750. The highest BCUT2D eigenvalue weighted by molar-refractivity contribution is 5.85. The maximum atomic E-state index is 13.7. The zero-order chi connectivity index (χ0) is 17.3. The van der Waals surface area contributed by atoms with Gasteiger partial charge in [-0.05, 0) is 50.4 Å². The van der Waals surface area contributed by atoms with Crippen molar-refractivity contribution in [3.63, 3.8) is 0 Å². The van der Waals surface area contributed by atoms with Crippen molar-refractivity contribution in [2.75, 3.05) is 6.54 Å². The third-order valence-electron chi connectivity index (χ3n) is 4.59. The molecular formula is C17H23ClFN3O3. The summed E-state index contributed by atoms with van der Waals surface area (Å²) in [5, 5.41) is 23.6. The van der Waals surface area contributed by atoms with Crippen LogP contribution in [0, 0.1) is 12.7 Å². The van der Waals surface area contributed by atoms with Crippen molar-refractivity contribution in [2.24, 2.45) is 0 Å². The summed E-state index contributed by atoms with van der Waals surface area (Å²) >= 11 is 0. The molecule has 3 rings (SSSR count). The van der Waals surface area contributed by atoms with Crippen molar-refractivity contribution < 1.29 is 14.6 Å². The molecule has 2 aromatic rings. The van der Waals surface area contributed by atoms with Crippen molar-refractivity contribution in [3.8, 4) is 0 Å². The predicted octanol–water partition coefficient (Wildman–Crippen LogP) is 1.13. The molecule has 0 unspecified atom stereocenters. The summed E-state index contributed by atoms with van der Waals surface area (Å²) in [6.07, 6.45) is 2.04. The Morgan fingerprint density at radius 1 is 1.48 bits per heavy atom. The second-order valence-electron chi connectivity index (χ2n) is 6.48. The SMILES string of the molecule is Cc1cc2ncn(C[C@@H](O)C[C@H]3NCCC[C@@H]3O)c(=O)c2cc1F.Cl. The first-order chi connectivity index (χ1) is 11.5. The van der Waals surface area contributed by atoms with Gasteiger partial charge in [-0.25, -0.2) is 9.37 Å². The molecule has 25 heavy (non-hydrogen) atoms. The molecule has 3 N–H and O–H groups in total. The van der Waals surface area contributed by atoms with Crippen LogP contribution in [0.2, 0.25) is 0 Å². The van der Waals surface area contributed by atoms with Crippen molar-refractivity contribution >= 4 is 23.3 Å². The van der Waals surface area contributed by atoms with Gasteiger partial charge in [0.25, 0.3) is 5.56 Å². The van der Waals surface area contributed by atoms with Crippen LogP contribution in [0.5, 0.6) is 0 Å². The van der Waals surface area contributed by atoms with E-state index in [2.05, 4.69) is 10.3 Å². The summed E-state index contributed by atoms with van der Waals surface area (Å²) in [6.45, 7) is 2.49. The molecule has 138 valence electrons. The van der Waals surface area contributed by atoms with Crippen LogP contribution in [0.15, 0.2) is 23.3 Å². The Balaban J connectivity index is 0.00000225. The molecule has 0 spiro atoms. The predicted molar refractivity (Wildman–Crippen MR) is 95.6 cm³/mol.